The third-order valence-corrected chi connectivity index (χ3v) is 7.42. The van der Waals surface area contributed by atoms with Crippen molar-refractivity contribution in [2.75, 3.05) is 26.2 Å². The largest absolute Gasteiger partial charge is 0.352 e. The summed E-state index contributed by atoms with van der Waals surface area (Å²) in [5.41, 5.74) is 2.27. The van der Waals surface area contributed by atoms with Gasteiger partial charge in [0.05, 0.1) is 0 Å². The number of benzene rings is 1. The summed E-state index contributed by atoms with van der Waals surface area (Å²) >= 11 is 0. The fourth-order valence-corrected chi connectivity index (χ4v) is 5.37. The number of nitrogens with zero attached hydrogens (tertiary/aromatic N) is 2. The fourth-order valence-electron chi connectivity index (χ4n) is 3.65. The summed E-state index contributed by atoms with van der Waals surface area (Å²) in [6.45, 7) is 4.67. The lowest BCUT2D eigenvalue weighted by molar-refractivity contribution is -0.126. The number of hydrogen-bond acceptors (Lipinski definition) is 3. The predicted molar refractivity (Wildman–Crippen MR) is 102 cm³/mol. The number of aryl methyl sites for hydroxylation is 1. The van der Waals surface area contributed by atoms with E-state index in [4.69, 9.17) is 0 Å². The summed E-state index contributed by atoms with van der Waals surface area (Å²) in [5.74, 6) is -0.0751. The quantitative estimate of drug-likeness (QED) is 0.851. The minimum Gasteiger partial charge on any atom is -0.352 e. The van der Waals surface area contributed by atoms with Crippen LogP contribution in [0.15, 0.2) is 24.3 Å². The smallest absolute Gasteiger partial charge is 0.281 e. The summed E-state index contributed by atoms with van der Waals surface area (Å²) in [7, 11) is -3.36. The number of carbonyl (C=O) groups excluding carboxylic acids is 1. The Morgan fingerprint density at radius 1 is 1.00 bits per heavy atom. The summed E-state index contributed by atoms with van der Waals surface area (Å²) in [6, 6.07) is 8.10. The van der Waals surface area contributed by atoms with E-state index in [0.717, 1.165) is 24.8 Å². The van der Waals surface area contributed by atoms with Crippen LogP contribution in [0, 0.1) is 12.8 Å². The summed E-state index contributed by atoms with van der Waals surface area (Å²) < 4.78 is 28.6. The van der Waals surface area contributed by atoms with E-state index in [-0.39, 0.29) is 11.8 Å². The number of hydrogen-bond donors (Lipinski definition) is 1. The van der Waals surface area contributed by atoms with Gasteiger partial charge in [-0.15, -0.1) is 0 Å². The van der Waals surface area contributed by atoms with Crippen LogP contribution in [0.3, 0.4) is 0 Å². The van der Waals surface area contributed by atoms with Crippen molar-refractivity contribution in [3.63, 3.8) is 0 Å². The van der Waals surface area contributed by atoms with Gasteiger partial charge in [-0.05, 0) is 38.2 Å². The van der Waals surface area contributed by atoms with E-state index in [1.54, 1.807) is 8.61 Å². The molecule has 0 atom stereocenters. The molecule has 3 rings (SSSR count). The Morgan fingerprint density at radius 2 is 1.58 bits per heavy atom. The van der Waals surface area contributed by atoms with Crippen LogP contribution in [0.5, 0.6) is 0 Å². The van der Waals surface area contributed by atoms with Crippen LogP contribution in [0.25, 0.3) is 0 Å². The lowest BCUT2D eigenvalue weighted by atomic mass is 9.97. The molecule has 0 bridgehead atoms. The molecule has 26 heavy (non-hydrogen) atoms. The predicted octanol–water partition coefficient (Wildman–Crippen LogP) is 2.05. The molecule has 6 nitrogen and oxygen atoms in total. The molecule has 1 amide bonds. The van der Waals surface area contributed by atoms with Gasteiger partial charge in [0.1, 0.15) is 0 Å². The summed E-state index contributed by atoms with van der Waals surface area (Å²) in [5, 5.41) is 2.99. The molecule has 1 aromatic rings. The Kier molecular flexibility index (Phi) is 6.32. The van der Waals surface area contributed by atoms with Gasteiger partial charge in [0.2, 0.25) is 5.91 Å². The molecule has 2 aliphatic rings. The third-order valence-electron chi connectivity index (χ3n) is 5.38. The van der Waals surface area contributed by atoms with Crippen molar-refractivity contribution >= 4 is 16.1 Å². The van der Waals surface area contributed by atoms with E-state index in [0.29, 0.717) is 45.6 Å². The minimum absolute atomic E-state index is 0.0283. The molecular weight excluding hydrogens is 350 g/mol. The molecule has 7 heteroatoms. The average molecular weight is 380 g/mol. The standard InChI is InChI=1S/C19H29N3O3S/c1-16-5-7-17(8-6-16)15-20-19(23)18-9-13-22(14-10-18)26(24,25)21-11-3-2-4-12-21/h5-8,18H,2-4,9-15H2,1H3,(H,20,23). The molecule has 0 spiro atoms. The number of rotatable bonds is 5. The zero-order valence-corrected chi connectivity index (χ0v) is 16.3. The first-order valence-corrected chi connectivity index (χ1v) is 10.9. The van der Waals surface area contributed by atoms with Gasteiger partial charge in [-0.1, -0.05) is 36.2 Å². The highest BCUT2D eigenvalue weighted by Gasteiger charge is 2.35. The first kappa shape index (κ1) is 19.3. The van der Waals surface area contributed by atoms with Crippen LogP contribution in [-0.2, 0) is 21.5 Å². The lowest BCUT2D eigenvalue weighted by Crippen LogP contribution is -2.50. The maximum Gasteiger partial charge on any atom is 0.281 e. The van der Waals surface area contributed by atoms with E-state index in [2.05, 4.69) is 5.32 Å². The van der Waals surface area contributed by atoms with Gasteiger partial charge in [0.25, 0.3) is 10.2 Å². The fraction of sp³-hybridized carbons (Fsp3) is 0.632. The normalized spacial score (nSPS) is 20.8. The van der Waals surface area contributed by atoms with Gasteiger partial charge in [-0.25, -0.2) is 0 Å². The van der Waals surface area contributed by atoms with Gasteiger partial charge in [0, 0.05) is 38.6 Å². The van der Waals surface area contributed by atoms with Crippen LogP contribution in [-0.4, -0.2) is 49.1 Å². The van der Waals surface area contributed by atoms with Crippen molar-refractivity contribution in [1.82, 2.24) is 13.9 Å². The van der Waals surface area contributed by atoms with E-state index >= 15 is 0 Å². The van der Waals surface area contributed by atoms with Gasteiger partial charge in [-0.3, -0.25) is 4.79 Å². The molecule has 0 saturated carbocycles. The second kappa shape index (κ2) is 8.50. The molecule has 1 N–H and O–H groups in total. The van der Waals surface area contributed by atoms with Gasteiger partial charge in [0.15, 0.2) is 0 Å². The molecule has 144 valence electrons. The highest BCUT2D eigenvalue weighted by atomic mass is 32.2. The van der Waals surface area contributed by atoms with Gasteiger partial charge < -0.3 is 5.32 Å². The second-order valence-electron chi connectivity index (χ2n) is 7.34. The Bertz CT molecular complexity index is 704. The molecule has 2 saturated heterocycles. The Labute approximate surface area is 156 Å². The van der Waals surface area contributed by atoms with Crippen LogP contribution in [0.4, 0.5) is 0 Å². The van der Waals surface area contributed by atoms with Crippen LogP contribution in [0.2, 0.25) is 0 Å². The highest BCUT2D eigenvalue weighted by molar-refractivity contribution is 7.86. The third kappa shape index (κ3) is 4.64. The maximum atomic E-state index is 12.7. The molecule has 2 heterocycles. The van der Waals surface area contributed by atoms with Crippen molar-refractivity contribution in [3.05, 3.63) is 35.4 Å². The van der Waals surface area contributed by atoms with E-state index in [1.807, 2.05) is 31.2 Å². The molecule has 1 aromatic carbocycles. The molecule has 0 aromatic heterocycles. The second-order valence-corrected chi connectivity index (χ2v) is 9.27. The van der Waals surface area contributed by atoms with Crippen molar-refractivity contribution in [2.45, 2.75) is 45.6 Å². The zero-order chi connectivity index (χ0) is 18.6. The summed E-state index contributed by atoms with van der Waals surface area (Å²) in [4.78, 5) is 12.4. The number of carbonyl (C=O) groups is 1. The first-order chi connectivity index (χ1) is 12.5. The molecule has 0 unspecified atom stereocenters. The maximum absolute atomic E-state index is 12.7. The molecule has 0 radical (unpaired) electrons. The summed E-state index contributed by atoms with van der Waals surface area (Å²) in [6.07, 6.45) is 4.17. The number of amides is 1. The SMILES string of the molecule is Cc1ccc(CNC(=O)C2CCN(S(=O)(=O)N3CCCCC3)CC2)cc1. The van der Waals surface area contributed by atoms with Gasteiger partial charge in [-0.2, -0.15) is 17.0 Å². The Morgan fingerprint density at radius 3 is 2.19 bits per heavy atom. The van der Waals surface area contributed by atoms with Crippen LogP contribution in [0.1, 0.15) is 43.2 Å². The van der Waals surface area contributed by atoms with Crippen molar-refractivity contribution in [3.8, 4) is 0 Å². The molecule has 0 aliphatic carbocycles. The first-order valence-electron chi connectivity index (χ1n) is 9.55. The van der Waals surface area contributed by atoms with E-state index in [9.17, 15) is 13.2 Å². The minimum atomic E-state index is -3.36. The highest BCUT2D eigenvalue weighted by Crippen LogP contribution is 2.23. The zero-order valence-electron chi connectivity index (χ0n) is 15.5. The van der Waals surface area contributed by atoms with Crippen molar-refractivity contribution in [1.29, 1.82) is 0 Å². The van der Waals surface area contributed by atoms with Crippen molar-refractivity contribution in [2.24, 2.45) is 5.92 Å². The number of piperidine rings is 2. The monoisotopic (exact) mass is 379 g/mol. The molecule has 2 aliphatic heterocycles. The van der Waals surface area contributed by atoms with Crippen molar-refractivity contribution < 1.29 is 13.2 Å². The topological polar surface area (TPSA) is 69.7 Å². The van der Waals surface area contributed by atoms with E-state index < -0.39 is 10.2 Å². The lowest BCUT2D eigenvalue weighted by Gasteiger charge is -2.35. The Balaban J connectivity index is 1.48. The average Bonchev–Trinajstić information content (AvgIpc) is 2.68. The molecular formula is C19H29N3O3S. The number of nitrogens with one attached hydrogen (secondary N) is 1. The van der Waals surface area contributed by atoms with Crippen LogP contribution >= 0.6 is 0 Å². The van der Waals surface area contributed by atoms with Crippen LogP contribution < -0.4 is 5.32 Å². The van der Waals surface area contributed by atoms with E-state index in [1.165, 1.54) is 5.56 Å². The Hall–Kier alpha value is -1.44. The van der Waals surface area contributed by atoms with Gasteiger partial charge >= 0.3 is 0 Å². The molecule has 2 fully saturated rings.